The molecule has 2 atom stereocenters. The highest BCUT2D eigenvalue weighted by Crippen LogP contribution is 2.35. The summed E-state index contributed by atoms with van der Waals surface area (Å²) in [5.74, 6) is -0.992. The van der Waals surface area contributed by atoms with Crippen LogP contribution in [0.3, 0.4) is 0 Å². The Morgan fingerprint density at radius 3 is 2.78 bits per heavy atom. The van der Waals surface area contributed by atoms with E-state index in [0.717, 1.165) is 25.7 Å². The second kappa shape index (κ2) is 5.26. The van der Waals surface area contributed by atoms with E-state index in [4.69, 9.17) is 4.74 Å². The minimum atomic E-state index is -0.988. The van der Waals surface area contributed by atoms with Gasteiger partial charge >= 0.3 is 5.97 Å². The van der Waals surface area contributed by atoms with Crippen LogP contribution in [-0.2, 0) is 14.3 Å². The average molecular weight is 255 g/mol. The lowest BCUT2D eigenvalue weighted by molar-refractivity contribution is -0.161. The zero-order chi connectivity index (χ0) is 13.2. The van der Waals surface area contributed by atoms with Gasteiger partial charge in [-0.1, -0.05) is 13.3 Å². The van der Waals surface area contributed by atoms with Crippen LogP contribution in [0.1, 0.15) is 45.4 Å². The standard InChI is InChI=1S/C13H21NO4/c1-2-6-13(12(16)17)7-4-8-14(13)11(15)10-5-3-9-18-10/h10H,2-9H2,1H3,(H,16,17). The third-order valence-electron chi connectivity index (χ3n) is 4.02. The fourth-order valence-electron chi connectivity index (χ4n) is 3.15. The number of nitrogens with zero attached hydrogens (tertiary/aromatic N) is 1. The number of likely N-dealkylation sites (tertiary alicyclic amines) is 1. The smallest absolute Gasteiger partial charge is 0.329 e. The summed E-state index contributed by atoms with van der Waals surface area (Å²) in [6.45, 7) is 3.11. The summed E-state index contributed by atoms with van der Waals surface area (Å²) in [7, 11) is 0. The Hall–Kier alpha value is -1.10. The first-order valence-corrected chi connectivity index (χ1v) is 6.78. The number of aliphatic carboxylic acids is 1. The largest absolute Gasteiger partial charge is 0.479 e. The van der Waals surface area contributed by atoms with Crippen LogP contribution in [0.25, 0.3) is 0 Å². The predicted octanol–water partition coefficient (Wildman–Crippen LogP) is 1.41. The molecule has 0 aliphatic carbocycles. The molecule has 0 radical (unpaired) electrons. The second-order valence-corrected chi connectivity index (χ2v) is 5.18. The van der Waals surface area contributed by atoms with Crippen molar-refractivity contribution in [3.63, 3.8) is 0 Å². The number of hydrogen-bond donors (Lipinski definition) is 1. The maximum Gasteiger partial charge on any atom is 0.329 e. The van der Waals surface area contributed by atoms with Gasteiger partial charge in [-0.15, -0.1) is 0 Å². The molecule has 2 fully saturated rings. The van der Waals surface area contributed by atoms with Gasteiger partial charge < -0.3 is 14.7 Å². The topological polar surface area (TPSA) is 66.8 Å². The van der Waals surface area contributed by atoms with Gasteiger partial charge in [0.1, 0.15) is 11.6 Å². The molecule has 2 aliphatic heterocycles. The molecule has 0 spiro atoms. The Labute approximate surface area is 107 Å². The maximum atomic E-state index is 12.4. The number of rotatable bonds is 4. The number of hydrogen-bond acceptors (Lipinski definition) is 3. The highest BCUT2D eigenvalue weighted by atomic mass is 16.5. The summed E-state index contributed by atoms with van der Waals surface area (Å²) < 4.78 is 5.39. The van der Waals surface area contributed by atoms with E-state index in [1.165, 1.54) is 0 Å². The lowest BCUT2D eigenvalue weighted by Gasteiger charge is -2.35. The first-order valence-electron chi connectivity index (χ1n) is 6.78. The minimum absolute atomic E-state index is 0.124. The fraction of sp³-hybridized carbons (Fsp3) is 0.846. The third kappa shape index (κ3) is 2.11. The summed E-state index contributed by atoms with van der Waals surface area (Å²) in [6.07, 6.45) is 3.82. The summed E-state index contributed by atoms with van der Waals surface area (Å²) in [6, 6.07) is 0. The number of carbonyl (C=O) groups excluding carboxylic acids is 1. The molecule has 0 aromatic carbocycles. The van der Waals surface area contributed by atoms with Gasteiger partial charge in [-0.2, -0.15) is 0 Å². The first kappa shape index (κ1) is 13.3. The summed E-state index contributed by atoms with van der Waals surface area (Å²) in [5.41, 5.74) is -0.988. The summed E-state index contributed by atoms with van der Waals surface area (Å²) in [5, 5.41) is 9.52. The van der Waals surface area contributed by atoms with Crippen LogP contribution in [0.2, 0.25) is 0 Å². The van der Waals surface area contributed by atoms with E-state index < -0.39 is 17.6 Å². The molecule has 1 N–H and O–H groups in total. The van der Waals surface area contributed by atoms with E-state index in [1.807, 2.05) is 6.92 Å². The number of ether oxygens (including phenoxy) is 1. The van der Waals surface area contributed by atoms with Crippen LogP contribution in [-0.4, -0.2) is 46.7 Å². The van der Waals surface area contributed by atoms with Crippen molar-refractivity contribution in [1.29, 1.82) is 0 Å². The van der Waals surface area contributed by atoms with Gasteiger partial charge in [-0.25, -0.2) is 4.79 Å². The van der Waals surface area contributed by atoms with Crippen molar-refractivity contribution >= 4 is 11.9 Å². The predicted molar refractivity (Wildman–Crippen MR) is 65.2 cm³/mol. The number of carboxylic acids is 1. The Kier molecular flexibility index (Phi) is 3.90. The molecule has 0 saturated carbocycles. The van der Waals surface area contributed by atoms with Gasteiger partial charge in [0.15, 0.2) is 0 Å². The van der Waals surface area contributed by atoms with Crippen molar-refractivity contribution in [2.24, 2.45) is 0 Å². The fourth-order valence-corrected chi connectivity index (χ4v) is 3.15. The van der Waals surface area contributed by atoms with Crippen molar-refractivity contribution < 1.29 is 19.4 Å². The van der Waals surface area contributed by atoms with Gasteiger partial charge in [-0.3, -0.25) is 4.79 Å². The van der Waals surface area contributed by atoms with Crippen LogP contribution >= 0.6 is 0 Å². The molecule has 5 nitrogen and oxygen atoms in total. The number of carbonyl (C=O) groups is 2. The molecule has 5 heteroatoms. The van der Waals surface area contributed by atoms with Crippen LogP contribution in [0, 0.1) is 0 Å². The molecule has 0 aromatic rings. The monoisotopic (exact) mass is 255 g/mol. The highest BCUT2D eigenvalue weighted by molar-refractivity contribution is 5.90. The van der Waals surface area contributed by atoms with E-state index in [9.17, 15) is 14.7 Å². The Bertz CT molecular complexity index is 338. The van der Waals surface area contributed by atoms with Gasteiger partial charge in [-0.05, 0) is 32.1 Å². The molecule has 0 bridgehead atoms. The van der Waals surface area contributed by atoms with Gasteiger partial charge in [0.05, 0.1) is 0 Å². The molecule has 1 amide bonds. The third-order valence-corrected chi connectivity index (χ3v) is 4.02. The summed E-state index contributed by atoms with van der Waals surface area (Å²) in [4.78, 5) is 25.6. The average Bonchev–Trinajstić information content (AvgIpc) is 2.98. The molecule has 2 heterocycles. The maximum absolute atomic E-state index is 12.4. The number of amides is 1. The highest BCUT2D eigenvalue weighted by Gasteiger charge is 2.50. The lowest BCUT2D eigenvalue weighted by atomic mass is 9.90. The molecule has 18 heavy (non-hydrogen) atoms. The van der Waals surface area contributed by atoms with Gasteiger partial charge in [0.25, 0.3) is 5.91 Å². The molecule has 2 saturated heterocycles. The molecule has 102 valence electrons. The molecule has 2 rings (SSSR count). The van der Waals surface area contributed by atoms with Gasteiger partial charge in [0, 0.05) is 13.2 Å². The molecule has 2 unspecified atom stereocenters. The van der Waals surface area contributed by atoms with E-state index in [1.54, 1.807) is 4.90 Å². The van der Waals surface area contributed by atoms with Crippen molar-refractivity contribution in [3.8, 4) is 0 Å². The van der Waals surface area contributed by atoms with E-state index in [0.29, 0.717) is 26.0 Å². The first-order chi connectivity index (χ1) is 8.62. The minimum Gasteiger partial charge on any atom is -0.479 e. The molecule has 2 aliphatic rings. The number of carboxylic acid groups (broad SMARTS) is 1. The van der Waals surface area contributed by atoms with Crippen molar-refractivity contribution in [1.82, 2.24) is 4.90 Å². The van der Waals surface area contributed by atoms with Gasteiger partial charge in [0.2, 0.25) is 0 Å². The van der Waals surface area contributed by atoms with Crippen molar-refractivity contribution in [3.05, 3.63) is 0 Å². The van der Waals surface area contributed by atoms with E-state index >= 15 is 0 Å². The molecule has 0 aromatic heterocycles. The van der Waals surface area contributed by atoms with Crippen molar-refractivity contribution in [2.45, 2.75) is 57.1 Å². The summed E-state index contributed by atoms with van der Waals surface area (Å²) >= 11 is 0. The van der Waals surface area contributed by atoms with Crippen LogP contribution < -0.4 is 0 Å². The molecular formula is C13H21NO4. The quantitative estimate of drug-likeness (QED) is 0.824. The Morgan fingerprint density at radius 2 is 2.22 bits per heavy atom. The van der Waals surface area contributed by atoms with E-state index in [-0.39, 0.29) is 5.91 Å². The van der Waals surface area contributed by atoms with Crippen LogP contribution in [0.4, 0.5) is 0 Å². The zero-order valence-corrected chi connectivity index (χ0v) is 10.9. The van der Waals surface area contributed by atoms with E-state index in [2.05, 4.69) is 0 Å². The Morgan fingerprint density at radius 1 is 1.44 bits per heavy atom. The lowest BCUT2D eigenvalue weighted by Crippen LogP contribution is -2.55. The SMILES string of the molecule is CCCC1(C(=O)O)CCCN1C(=O)C1CCCO1. The van der Waals surface area contributed by atoms with Crippen LogP contribution in [0.15, 0.2) is 0 Å². The molecular weight excluding hydrogens is 234 g/mol. The van der Waals surface area contributed by atoms with Crippen LogP contribution in [0.5, 0.6) is 0 Å². The second-order valence-electron chi connectivity index (χ2n) is 5.18. The Balaban J connectivity index is 2.18. The van der Waals surface area contributed by atoms with Crippen molar-refractivity contribution in [2.75, 3.05) is 13.2 Å². The zero-order valence-electron chi connectivity index (χ0n) is 10.9. The normalized spacial score (nSPS) is 31.8.